The van der Waals surface area contributed by atoms with Crippen LogP contribution in [0.15, 0.2) is 30.3 Å². The van der Waals surface area contributed by atoms with Gasteiger partial charge in [0.05, 0.1) is 0 Å². The molecule has 0 aromatic heterocycles. The summed E-state index contributed by atoms with van der Waals surface area (Å²) in [6.45, 7) is 0. The minimum atomic E-state index is 0. The van der Waals surface area contributed by atoms with Gasteiger partial charge in [-0.1, -0.05) is 0 Å². The van der Waals surface area contributed by atoms with E-state index in [2.05, 4.69) is 24.3 Å². The van der Waals surface area contributed by atoms with Crippen molar-refractivity contribution in [2.45, 2.75) is 0 Å². The van der Waals surface area contributed by atoms with Gasteiger partial charge in [-0.2, -0.15) is 0 Å². The summed E-state index contributed by atoms with van der Waals surface area (Å²) in [6.07, 6.45) is 0. The summed E-state index contributed by atoms with van der Waals surface area (Å²) in [5, 5.41) is 0. The Balaban J connectivity index is 0.000000490. The Morgan fingerprint density at radius 2 is 1.50 bits per heavy atom. The number of rotatable bonds is 0. The Hall–Kier alpha value is -0.0203. The number of hydrogen-bond donors (Lipinski definition) is 0. The normalized spacial score (nSPS) is 7.62. The fourth-order valence-corrected chi connectivity index (χ4v) is 1.05. The molecule has 0 N–H and O–H groups in total. The van der Waals surface area contributed by atoms with Crippen molar-refractivity contribution >= 4 is 31.9 Å². The molecule has 0 heterocycles. The summed E-state index contributed by atoms with van der Waals surface area (Å²) < 4.78 is 1.45. The molecule has 8 heavy (non-hydrogen) atoms. The third kappa shape index (κ3) is 2.33. The van der Waals surface area contributed by atoms with Crippen molar-refractivity contribution in [2.75, 3.05) is 0 Å². The molecule has 1 aromatic carbocycles. The molecule has 0 unspecified atom stereocenters. The maximum atomic E-state index is 2.14. The Bertz CT molecular complexity index is 138. The van der Waals surface area contributed by atoms with Crippen LogP contribution in [0.3, 0.4) is 0 Å². The van der Waals surface area contributed by atoms with Gasteiger partial charge in [0.25, 0.3) is 0 Å². The summed E-state index contributed by atoms with van der Waals surface area (Å²) in [4.78, 5) is 0. The van der Waals surface area contributed by atoms with E-state index in [1.807, 2.05) is 6.07 Å². The predicted octanol–water partition coefficient (Wildman–Crippen LogP) is -1.24. The first-order chi connectivity index (χ1) is 3.39. The molecule has 0 aliphatic rings. The molecule has 1 aromatic rings. The summed E-state index contributed by atoms with van der Waals surface area (Å²) in [6, 6.07) is 10.5. The zero-order chi connectivity index (χ0) is 5.11. The average Bonchev–Trinajstić information content (AvgIpc) is 1.69. The molecule has 2 heteroatoms. The van der Waals surface area contributed by atoms with Crippen molar-refractivity contribution < 1.29 is 0 Å². The van der Waals surface area contributed by atoms with Gasteiger partial charge in [0.15, 0.2) is 0 Å². The van der Waals surface area contributed by atoms with E-state index in [9.17, 15) is 0 Å². The van der Waals surface area contributed by atoms with E-state index < -0.39 is 0 Å². The second kappa shape index (κ2) is 3.92. The quantitative estimate of drug-likeness (QED) is 0.441. The number of benzene rings is 1. The summed E-state index contributed by atoms with van der Waals surface area (Å²) in [5.41, 5.74) is 0. The molecule has 0 spiro atoms. The Kier molecular flexibility index (Phi) is 3.91. The van der Waals surface area contributed by atoms with Crippen LogP contribution in [0.4, 0.5) is 0 Å². The van der Waals surface area contributed by atoms with E-state index in [0.29, 0.717) is 0 Å². The summed E-state index contributed by atoms with van der Waals surface area (Å²) in [7, 11) is 0. The van der Waals surface area contributed by atoms with E-state index in [1.165, 1.54) is 20.9 Å². The van der Waals surface area contributed by atoms with E-state index in [1.54, 1.807) is 0 Å². The molecule has 0 aliphatic heterocycles. The van der Waals surface area contributed by atoms with Gasteiger partial charge in [0.2, 0.25) is 0 Å². The first kappa shape index (κ1) is 7.98. The second-order valence-corrected chi connectivity index (χ2v) is 3.20. The van der Waals surface area contributed by atoms with Crippen molar-refractivity contribution in [1.29, 1.82) is 0 Å². The third-order valence-electron chi connectivity index (χ3n) is 0.843. The molecule has 0 amide bonds. The van der Waals surface area contributed by atoms with Crippen molar-refractivity contribution in [3.8, 4) is 0 Å². The van der Waals surface area contributed by atoms with Crippen molar-refractivity contribution in [3.63, 3.8) is 0 Å². The van der Waals surface area contributed by atoms with Crippen LogP contribution in [0, 0.1) is 0 Å². The zero-order valence-corrected chi connectivity index (χ0v) is 10.1. The maximum absolute atomic E-state index is 2.14. The fraction of sp³-hybridized carbons (Fsp3) is 0. The third-order valence-corrected chi connectivity index (χ3v) is 1.83. The first-order valence-corrected chi connectivity index (χ1v) is 3.75. The Labute approximate surface area is 62.5 Å². The van der Waals surface area contributed by atoms with Crippen molar-refractivity contribution in [1.82, 2.24) is 0 Å². The van der Waals surface area contributed by atoms with Crippen molar-refractivity contribution in [3.05, 3.63) is 30.3 Å². The number of hydrogen-bond acceptors (Lipinski definition) is 0. The monoisotopic (exact) mass is 184 g/mol. The largest absolute Gasteiger partial charge is 0.0125 e. The van der Waals surface area contributed by atoms with Gasteiger partial charge >= 0.3 is 51.2 Å². The first-order valence-electron chi connectivity index (χ1n) is 2.26. The predicted molar refractivity (Wildman–Crippen MR) is 44.6 cm³/mol. The molecule has 0 fully saturated rings. The molecule has 0 atom stereocenters. The van der Waals surface area contributed by atoms with Crippen LogP contribution in [0.5, 0.6) is 0 Å². The molecule has 0 aliphatic carbocycles. The fourth-order valence-electron chi connectivity index (χ4n) is 0.478. The molecular weight excluding hydrogens is 173 g/mol. The SMILES string of the molecule is [GeH2][c]1ccccc1.[SiH3]. The van der Waals surface area contributed by atoms with Gasteiger partial charge in [0, 0.05) is 0 Å². The van der Waals surface area contributed by atoms with Gasteiger partial charge in [-0.25, -0.2) is 0 Å². The molecule has 42 valence electrons. The molecule has 0 saturated carbocycles. The minimum absolute atomic E-state index is 0. The Morgan fingerprint density at radius 3 is 1.75 bits per heavy atom. The van der Waals surface area contributed by atoms with Crippen molar-refractivity contribution in [2.24, 2.45) is 0 Å². The van der Waals surface area contributed by atoms with Gasteiger partial charge in [-0.15, -0.1) is 0 Å². The van der Waals surface area contributed by atoms with Crippen LogP contribution in [0.1, 0.15) is 0 Å². The maximum Gasteiger partial charge on any atom is -0.0125 e. The molecule has 1 rings (SSSR count). The van der Waals surface area contributed by atoms with E-state index in [-0.39, 0.29) is 11.0 Å². The second-order valence-electron chi connectivity index (χ2n) is 1.49. The van der Waals surface area contributed by atoms with Gasteiger partial charge in [0.1, 0.15) is 0 Å². The molecule has 0 bridgehead atoms. The van der Waals surface area contributed by atoms with E-state index in [4.69, 9.17) is 0 Å². The topological polar surface area (TPSA) is 0 Å². The van der Waals surface area contributed by atoms with Gasteiger partial charge < -0.3 is 0 Å². The minimum Gasteiger partial charge on any atom is -0.0125 e. The smallest absolute Gasteiger partial charge is 0.0125 e. The molecule has 0 nitrogen and oxygen atoms in total. The van der Waals surface area contributed by atoms with E-state index >= 15 is 0 Å². The van der Waals surface area contributed by atoms with Crippen LogP contribution in [0.2, 0.25) is 0 Å². The molecule has 0 saturated heterocycles. The van der Waals surface area contributed by atoms with Crippen LogP contribution in [-0.2, 0) is 0 Å². The average molecular weight is 183 g/mol. The van der Waals surface area contributed by atoms with Gasteiger partial charge in [-0.05, 0) is 11.0 Å². The van der Waals surface area contributed by atoms with Gasteiger partial charge in [-0.3, -0.25) is 0 Å². The Morgan fingerprint density at radius 1 is 1.00 bits per heavy atom. The van der Waals surface area contributed by atoms with Crippen LogP contribution in [0.25, 0.3) is 0 Å². The molecular formula is C6H10GeSi. The zero-order valence-electron chi connectivity index (χ0n) is 5.09. The van der Waals surface area contributed by atoms with E-state index in [0.717, 1.165) is 0 Å². The van der Waals surface area contributed by atoms with Crippen LogP contribution < -0.4 is 4.40 Å². The molecule has 2 radical (unpaired) electrons. The van der Waals surface area contributed by atoms with Crippen LogP contribution >= 0.6 is 0 Å². The standard InChI is InChI=1S/C6H7Ge.H3Si/c7-6-4-2-1-3-5-6;/h1-5H,7H2;1H3. The summed E-state index contributed by atoms with van der Waals surface area (Å²) in [5.74, 6) is 0. The summed E-state index contributed by atoms with van der Waals surface area (Å²) >= 11 is 1.26. The van der Waals surface area contributed by atoms with Crippen LogP contribution in [-0.4, -0.2) is 27.5 Å².